The molecule has 78 valence electrons. The van der Waals surface area contributed by atoms with Crippen LogP contribution in [-0.2, 0) is 4.79 Å². The zero-order valence-corrected chi connectivity index (χ0v) is 8.96. The van der Waals surface area contributed by atoms with Gasteiger partial charge in [-0.25, -0.2) is 0 Å². The highest BCUT2D eigenvalue weighted by Crippen LogP contribution is 2.27. The second kappa shape index (κ2) is 5.12. The van der Waals surface area contributed by atoms with Crippen molar-refractivity contribution in [2.24, 2.45) is 5.73 Å². The van der Waals surface area contributed by atoms with Crippen LogP contribution in [0.2, 0.25) is 0 Å². The standard InChI is InChI=1S/C10H15NO2S/c1-2-8(11)7(6-10(12)13)9-4-3-5-14-9/h3-5,7-8H,2,6,11H2,1H3,(H,12,13). The molecule has 0 aliphatic rings. The number of thiophene rings is 1. The molecule has 0 spiro atoms. The normalized spacial score (nSPS) is 15.0. The summed E-state index contributed by atoms with van der Waals surface area (Å²) in [5, 5.41) is 10.7. The number of rotatable bonds is 5. The summed E-state index contributed by atoms with van der Waals surface area (Å²) in [6, 6.07) is 3.81. The Labute approximate surface area is 87.6 Å². The van der Waals surface area contributed by atoms with E-state index in [1.54, 1.807) is 11.3 Å². The number of aliphatic carboxylic acids is 1. The van der Waals surface area contributed by atoms with E-state index in [9.17, 15) is 4.79 Å². The zero-order chi connectivity index (χ0) is 10.6. The van der Waals surface area contributed by atoms with E-state index in [0.717, 1.165) is 11.3 Å². The van der Waals surface area contributed by atoms with E-state index < -0.39 is 5.97 Å². The van der Waals surface area contributed by atoms with Crippen molar-refractivity contribution in [3.05, 3.63) is 22.4 Å². The molecular weight excluding hydrogens is 198 g/mol. The van der Waals surface area contributed by atoms with Crippen molar-refractivity contribution in [3.8, 4) is 0 Å². The lowest BCUT2D eigenvalue weighted by atomic mass is 9.93. The fourth-order valence-corrected chi connectivity index (χ4v) is 2.34. The molecule has 0 radical (unpaired) electrons. The number of carboxylic acids is 1. The summed E-state index contributed by atoms with van der Waals surface area (Å²) < 4.78 is 0. The lowest BCUT2D eigenvalue weighted by Gasteiger charge is -2.19. The van der Waals surface area contributed by atoms with Crippen LogP contribution in [0.1, 0.15) is 30.6 Å². The molecule has 3 N–H and O–H groups in total. The van der Waals surface area contributed by atoms with Gasteiger partial charge in [0.2, 0.25) is 0 Å². The average Bonchev–Trinajstić information content (AvgIpc) is 2.65. The second-order valence-electron chi connectivity index (χ2n) is 3.29. The third kappa shape index (κ3) is 2.82. The van der Waals surface area contributed by atoms with Gasteiger partial charge >= 0.3 is 5.97 Å². The van der Waals surface area contributed by atoms with Crippen molar-refractivity contribution in [2.45, 2.75) is 31.7 Å². The summed E-state index contributed by atoms with van der Waals surface area (Å²) in [6.45, 7) is 1.98. The minimum Gasteiger partial charge on any atom is -0.481 e. The van der Waals surface area contributed by atoms with Gasteiger partial charge in [-0.15, -0.1) is 11.3 Å². The Hall–Kier alpha value is -0.870. The SMILES string of the molecule is CCC(N)C(CC(=O)O)c1cccs1. The van der Waals surface area contributed by atoms with E-state index in [-0.39, 0.29) is 18.4 Å². The van der Waals surface area contributed by atoms with Gasteiger partial charge in [0, 0.05) is 16.8 Å². The van der Waals surface area contributed by atoms with Gasteiger partial charge in [0.1, 0.15) is 0 Å². The number of hydrogen-bond acceptors (Lipinski definition) is 3. The molecule has 1 heterocycles. The van der Waals surface area contributed by atoms with Gasteiger partial charge in [-0.2, -0.15) is 0 Å². The highest BCUT2D eigenvalue weighted by molar-refractivity contribution is 7.10. The summed E-state index contributed by atoms with van der Waals surface area (Å²) in [5.74, 6) is -0.829. The maximum Gasteiger partial charge on any atom is 0.304 e. The molecule has 1 rings (SSSR count). The zero-order valence-electron chi connectivity index (χ0n) is 8.14. The molecule has 0 bridgehead atoms. The van der Waals surface area contributed by atoms with Crippen molar-refractivity contribution in [1.29, 1.82) is 0 Å². The molecule has 1 aromatic heterocycles. The van der Waals surface area contributed by atoms with Gasteiger partial charge in [-0.1, -0.05) is 13.0 Å². The minimum atomic E-state index is -0.785. The number of hydrogen-bond donors (Lipinski definition) is 2. The Morgan fingerprint density at radius 3 is 2.86 bits per heavy atom. The monoisotopic (exact) mass is 213 g/mol. The highest BCUT2D eigenvalue weighted by atomic mass is 32.1. The molecular formula is C10H15NO2S. The van der Waals surface area contributed by atoms with Gasteiger partial charge in [0.25, 0.3) is 0 Å². The molecule has 3 nitrogen and oxygen atoms in total. The van der Waals surface area contributed by atoms with Crippen LogP contribution in [0.3, 0.4) is 0 Å². The van der Waals surface area contributed by atoms with Crippen molar-refractivity contribution < 1.29 is 9.90 Å². The first-order valence-electron chi connectivity index (χ1n) is 4.66. The van der Waals surface area contributed by atoms with Crippen molar-refractivity contribution in [2.75, 3.05) is 0 Å². The molecule has 0 aliphatic heterocycles. The van der Waals surface area contributed by atoms with Crippen LogP contribution >= 0.6 is 11.3 Å². The molecule has 1 aromatic rings. The van der Waals surface area contributed by atoms with Crippen LogP contribution in [0, 0.1) is 0 Å². The van der Waals surface area contributed by atoms with Gasteiger partial charge in [-0.05, 0) is 17.9 Å². The molecule has 0 saturated heterocycles. The molecule has 0 saturated carbocycles. The molecule has 0 fully saturated rings. The fraction of sp³-hybridized carbons (Fsp3) is 0.500. The summed E-state index contributed by atoms with van der Waals surface area (Å²) >= 11 is 1.57. The first-order chi connectivity index (χ1) is 6.65. The van der Waals surface area contributed by atoms with Gasteiger partial charge in [0.05, 0.1) is 6.42 Å². The van der Waals surface area contributed by atoms with Crippen molar-refractivity contribution in [3.63, 3.8) is 0 Å². The molecule has 2 unspecified atom stereocenters. The fourth-order valence-electron chi connectivity index (χ4n) is 1.44. The van der Waals surface area contributed by atoms with Crippen LogP contribution in [0.4, 0.5) is 0 Å². The Morgan fingerprint density at radius 1 is 1.71 bits per heavy atom. The van der Waals surface area contributed by atoms with Crippen LogP contribution in [0.15, 0.2) is 17.5 Å². The molecule has 0 amide bonds. The average molecular weight is 213 g/mol. The molecule has 14 heavy (non-hydrogen) atoms. The predicted octanol–water partition coefficient (Wildman–Crippen LogP) is 2.04. The van der Waals surface area contributed by atoms with Gasteiger partial charge in [-0.3, -0.25) is 4.79 Å². The predicted molar refractivity (Wildman–Crippen MR) is 57.6 cm³/mol. The molecule has 0 aliphatic carbocycles. The van der Waals surface area contributed by atoms with Crippen LogP contribution in [0.25, 0.3) is 0 Å². The number of nitrogens with two attached hydrogens (primary N) is 1. The topological polar surface area (TPSA) is 63.3 Å². The Morgan fingerprint density at radius 2 is 2.43 bits per heavy atom. The van der Waals surface area contributed by atoms with E-state index in [0.29, 0.717) is 0 Å². The smallest absolute Gasteiger partial charge is 0.304 e. The summed E-state index contributed by atoms with van der Waals surface area (Å²) in [5.41, 5.74) is 5.90. The largest absolute Gasteiger partial charge is 0.481 e. The molecule has 2 atom stereocenters. The number of carbonyl (C=O) groups is 1. The second-order valence-corrected chi connectivity index (χ2v) is 4.27. The lowest BCUT2D eigenvalue weighted by molar-refractivity contribution is -0.137. The Bertz CT molecular complexity index is 284. The summed E-state index contributed by atoms with van der Waals surface area (Å²) in [4.78, 5) is 11.7. The number of carboxylic acid groups (broad SMARTS) is 1. The van der Waals surface area contributed by atoms with E-state index in [4.69, 9.17) is 10.8 Å². The van der Waals surface area contributed by atoms with Crippen LogP contribution < -0.4 is 5.73 Å². The van der Waals surface area contributed by atoms with Crippen LogP contribution in [-0.4, -0.2) is 17.1 Å². The molecule has 4 heteroatoms. The summed E-state index contributed by atoms with van der Waals surface area (Å²) in [6.07, 6.45) is 0.922. The van der Waals surface area contributed by atoms with E-state index in [1.165, 1.54) is 0 Å². The van der Waals surface area contributed by atoms with Crippen LogP contribution in [0.5, 0.6) is 0 Å². The minimum absolute atomic E-state index is 0.0440. The maximum absolute atomic E-state index is 10.7. The van der Waals surface area contributed by atoms with E-state index in [2.05, 4.69) is 0 Å². The first-order valence-corrected chi connectivity index (χ1v) is 5.54. The Kier molecular flexibility index (Phi) is 4.10. The third-order valence-electron chi connectivity index (χ3n) is 2.29. The quantitative estimate of drug-likeness (QED) is 0.786. The first kappa shape index (κ1) is 11.2. The van der Waals surface area contributed by atoms with Gasteiger partial charge < -0.3 is 10.8 Å². The van der Waals surface area contributed by atoms with Crippen molar-refractivity contribution >= 4 is 17.3 Å². The highest BCUT2D eigenvalue weighted by Gasteiger charge is 2.22. The maximum atomic E-state index is 10.7. The van der Waals surface area contributed by atoms with E-state index in [1.807, 2.05) is 24.4 Å². The van der Waals surface area contributed by atoms with E-state index >= 15 is 0 Å². The van der Waals surface area contributed by atoms with Gasteiger partial charge in [0.15, 0.2) is 0 Å². The van der Waals surface area contributed by atoms with Crippen molar-refractivity contribution in [1.82, 2.24) is 0 Å². The summed E-state index contributed by atoms with van der Waals surface area (Å²) in [7, 11) is 0. The Balaban J connectivity index is 2.77. The lowest BCUT2D eigenvalue weighted by Crippen LogP contribution is -2.28. The molecule has 0 aromatic carbocycles. The third-order valence-corrected chi connectivity index (χ3v) is 3.30.